The minimum Gasteiger partial charge on any atom is -0.147 e. The summed E-state index contributed by atoms with van der Waals surface area (Å²) in [5, 5.41) is 0. The van der Waals surface area contributed by atoms with Crippen LogP contribution in [-0.2, 0) is 28.2 Å². The van der Waals surface area contributed by atoms with Crippen molar-refractivity contribution in [2.45, 2.75) is 89.7 Å². The molecule has 0 radical (unpaired) electrons. The molecule has 0 saturated heterocycles. The van der Waals surface area contributed by atoms with Gasteiger partial charge in [0.05, 0.1) is 0 Å². The van der Waals surface area contributed by atoms with Crippen molar-refractivity contribution in [3.63, 3.8) is 0 Å². The fraction of sp³-hybridized carbons (Fsp3) is 0.306. The molecule has 276 valence electrons. The first-order valence-corrected chi connectivity index (χ1v) is 32.5. The summed E-state index contributed by atoms with van der Waals surface area (Å²) in [6, 6.07) is 40.0. The monoisotopic (exact) mass is 834 g/mol. The van der Waals surface area contributed by atoms with Crippen LogP contribution in [0.2, 0.25) is 9.26 Å². The molecule has 0 heterocycles. The second kappa shape index (κ2) is 14.4. The fourth-order valence-corrected chi connectivity index (χ4v) is 29.4. The normalized spacial score (nSPS) is 16.9. The van der Waals surface area contributed by atoms with Crippen molar-refractivity contribution in [2.24, 2.45) is 0 Å². The van der Waals surface area contributed by atoms with Crippen LogP contribution in [0.25, 0.3) is 40.0 Å². The third-order valence-electron chi connectivity index (χ3n) is 12.1. The molecule has 2 unspecified atom stereocenters. The van der Waals surface area contributed by atoms with Crippen molar-refractivity contribution in [3.8, 4) is 22.3 Å². The van der Waals surface area contributed by atoms with E-state index in [1.807, 2.05) is 0 Å². The molecule has 2 atom stereocenters. The van der Waals surface area contributed by atoms with Crippen molar-refractivity contribution in [2.75, 3.05) is 0 Å². The number of rotatable bonds is 5. The van der Waals surface area contributed by atoms with Crippen molar-refractivity contribution < 1.29 is 17.4 Å². The van der Waals surface area contributed by atoms with Gasteiger partial charge in [0.25, 0.3) is 0 Å². The van der Waals surface area contributed by atoms with E-state index in [1.165, 1.54) is 72.3 Å². The van der Waals surface area contributed by atoms with Crippen molar-refractivity contribution >= 4 is 49.4 Å². The number of halogens is 2. The van der Waals surface area contributed by atoms with E-state index in [2.05, 4.69) is 194 Å². The van der Waals surface area contributed by atoms with Crippen LogP contribution in [0.15, 0.2) is 109 Å². The first-order chi connectivity index (χ1) is 23.8. The van der Waals surface area contributed by atoms with Gasteiger partial charge in [-0.15, -0.1) is 24.8 Å². The zero-order valence-electron chi connectivity index (χ0n) is 33.6. The van der Waals surface area contributed by atoms with Crippen molar-refractivity contribution in [1.82, 2.24) is 0 Å². The molecule has 0 bridgehead atoms. The van der Waals surface area contributed by atoms with Crippen LogP contribution in [0, 0.1) is 13.8 Å². The molecule has 0 fully saturated rings. The van der Waals surface area contributed by atoms with Gasteiger partial charge >= 0.3 is 313 Å². The summed E-state index contributed by atoms with van der Waals surface area (Å²) in [4.78, 5) is 0. The van der Waals surface area contributed by atoms with E-state index in [9.17, 15) is 0 Å². The van der Waals surface area contributed by atoms with Gasteiger partial charge in [-0.2, -0.15) is 0 Å². The van der Waals surface area contributed by atoms with Crippen LogP contribution in [0.3, 0.4) is 0 Å². The molecule has 0 nitrogen and oxygen atoms in total. The van der Waals surface area contributed by atoms with Gasteiger partial charge in [-0.05, 0) is 0 Å². The molecule has 5 aromatic rings. The molecule has 0 amide bonds. The maximum Gasteiger partial charge on any atom is -0.147 e. The van der Waals surface area contributed by atoms with Gasteiger partial charge < -0.3 is 0 Å². The first kappa shape index (κ1) is 41.4. The molecular weight excluding hydrogens is 779 g/mol. The summed E-state index contributed by atoms with van der Waals surface area (Å²) in [6.45, 7) is 23.2. The zero-order valence-corrected chi connectivity index (χ0v) is 39.2. The Labute approximate surface area is 334 Å². The summed E-state index contributed by atoms with van der Waals surface area (Å²) in [7, 11) is 0. The Bertz CT molecular complexity index is 2300. The molecule has 7 rings (SSSR count). The fourth-order valence-electron chi connectivity index (χ4n) is 9.43. The standard InChI is InChI=1S/C26H25.C21H23.2CH3.2ClH.H2Si.Zr/c1-18-8-10-19(11-9-18)22-16-21-6-5-7-24(25(21)17-22)20-12-14-23(15-13-20)26(2,3)4;1-14-12-19-15(2)6-11-18(20(19)13-14)16-7-9-17(10-8-16)21(3,4)5;;;;;;/h5-17H,1-4H3;6-13H,1-5H3;2*1H3;2*1H;1H2;. The molecule has 5 aromatic carbocycles. The smallest absolute Gasteiger partial charge is 0.147 e. The number of aryl methyl sites for hydroxylation is 2. The number of allylic oxidation sites excluding steroid dienone is 2. The topological polar surface area (TPSA) is 0 Å². The van der Waals surface area contributed by atoms with E-state index in [1.54, 1.807) is 11.1 Å². The summed E-state index contributed by atoms with van der Waals surface area (Å²) in [5.74, 6) is 0. The van der Waals surface area contributed by atoms with Gasteiger partial charge in [-0.25, -0.2) is 0 Å². The zero-order chi connectivity index (χ0) is 36.7. The third-order valence-corrected chi connectivity index (χ3v) is 29.6. The van der Waals surface area contributed by atoms with Gasteiger partial charge in [0.15, 0.2) is 0 Å². The molecule has 0 spiro atoms. The Morgan fingerprint density at radius 1 is 0.528 bits per heavy atom. The van der Waals surface area contributed by atoms with Crippen LogP contribution in [-0.4, -0.2) is 6.88 Å². The van der Waals surface area contributed by atoms with Gasteiger partial charge in [-0.1, -0.05) is 0 Å². The van der Waals surface area contributed by atoms with E-state index < -0.39 is 17.4 Å². The van der Waals surface area contributed by atoms with Gasteiger partial charge in [0.1, 0.15) is 0 Å². The van der Waals surface area contributed by atoms with Gasteiger partial charge in [0.2, 0.25) is 0 Å². The predicted octanol–water partition coefficient (Wildman–Crippen LogP) is 14.2. The molecule has 0 aliphatic heterocycles. The van der Waals surface area contributed by atoms with E-state index in [0.29, 0.717) is 7.25 Å². The maximum atomic E-state index is 2.77. The average molecular weight is 837 g/mol. The van der Waals surface area contributed by atoms with Crippen LogP contribution >= 0.6 is 24.8 Å². The molecule has 2 aliphatic rings. The van der Waals surface area contributed by atoms with Crippen molar-refractivity contribution in [1.29, 1.82) is 0 Å². The largest absolute Gasteiger partial charge is 0.147 e. The number of hydrogen-bond donors (Lipinski definition) is 0. The summed E-state index contributed by atoms with van der Waals surface area (Å²) < 4.78 is 6.39. The number of hydrogen-bond acceptors (Lipinski definition) is 0. The minimum atomic E-state index is -3.88. The molecule has 0 aromatic heterocycles. The van der Waals surface area contributed by atoms with Crippen LogP contribution in [0.1, 0.15) is 106 Å². The Hall–Kier alpha value is -2.74. The maximum absolute atomic E-state index is 3.88. The Kier molecular flexibility index (Phi) is 11.3. The van der Waals surface area contributed by atoms with E-state index in [0.717, 1.165) is 0 Å². The number of fused-ring (bicyclic) bond motifs is 2. The molecular formula is C49H58Cl2SiZr. The van der Waals surface area contributed by atoms with E-state index >= 15 is 0 Å². The Morgan fingerprint density at radius 3 is 1.53 bits per heavy atom. The second-order valence-corrected chi connectivity index (χ2v) is 49.3. The van der Waals surface area contributed by atoms with Crippen LogP contribution in [0.5, 0.6) is 0 Å². The SMILES string of the molecule is CC1=Cc2c(-c3ccc(C(C)(C)C)cc3)ccc(C)c2[CH]1[Zr]([CH3])([CH3])(=[SiH2])[CH]1C(c2ccc(C)cc2)=Cc2c(-c3ccc(C(C)(C)C)cc3)cccc21.Cl.Cl. The van der Waals surface area contributed by atoms with E-state index in [-0.39, 0.29) is 35.6 Å². The minimum absolute atomic E-state index is 0. The predicted molar refractivity (Wildman–Crippen MR) is 239 cm³/mol. The summed E-state index contributed by atoms with van der Waals surface area (Å²) in [5.41, 5.74) is 21.5. The first-order valence-electron chi connectivity index (χ1n) is 18.9. The molecule has 53 heavy (non-hydrogen) atoms. The quantitative estimate of drug-likeness (QED) is 0.155. The summed E-state index contributed by atoms with van der Waals surface area (Å²) >= 11 is -3.88. The number of benzene rings is 5. The summed E-state index contributed by atoms with van der Waals surface area (Å²) in [6.07, 6.45) is 5.15. The molecule has 4 heteroatoms. The second-order valence-electron chi connectivity index (χ2n) is 18.9. The Morgan fingerprint density at radius 2 is 1.02 bits per heavy atom. The van der Waals surface area contributed by atoms with Crippen LogP contribution in [0.4, 0.5) is 0 Å². The van der Waals surface area contributed by atoms with Crippen molar-refractivity contribution in [3.05, 3.63) is 159 Å². The Balaban J connectivity index is 0.00000271. The third kappa shape index (κ3) is 7.36. The van der Waals surface area contributed by atoms with Gasteiger partial charge in [-0.3, -0.25) is 0 Å². The van der Waals surface area contributed by atoms with Gasteiger partial charge in [0, 0.05) is 0 Å². The molecule has 0 saturated carbocycles. The molecule has 2 aliphatic carbocycles. The van der Waals surface area contributed by atoms with Crippen LogP contribution < -0.4 is 0 Å². The van der Waals surface area contributed by atoms with E-state index in [4.69, 9.17) is 0 Å². The molecule has 0 N–H and O–H groups in total. The average Bonchev–Trinajstić information content (AvgIpc) is 3.65.